The van der Waals surface area contributed by atoms with Gasteiger partial charge in [-0.1, -0.05) is 36.4 Å². The Kier molecular flexibility index (Phi) is 5.20. The second kappa shape index (κ2) is 7.95. The summed E-state index contributed by atoms with van der Waals surface area (Å²) < 4.78 is 1.91. The van der Waals surface area contributed by atoms with Gasteiger partial charge in [0.05, 0.1) is 0 Å². The van der Waals surface area contributed by atoms with Gasteiger partial charge in [-0.15, -0.1) is 0 Å². The number of fused-ring (bicyclic) bond motifs is 1. The Labute approximate surface area is 169 Å². The molecule has 0 unspecified atom stereocenters. The molecule has 1 aliphatic heterocycles. The molecule has 2 aromatic heterocycles. The van der Waals surface area contributed by atoms with Gasteiger partial charge in [0.1, 0.15) is 17.2 Å². The molecule has 1 fully saturated rings. The van der Waals surface area contributed by atoms with Gasteiger partial charge in [-0.25, -0.2) is 9.78 Å². The van der Waals surface area contributed by atoms with Crippen LogP contribution in [0.15, 0.2) is 54.7 Å². The van der Waals surface area contributed by atoms with E-state index in [1.165, 1.54) is 0 Å². The molecule has 0 aliphatic carbocycles. The normalized spacial score (nSPS) is 14.8. The number of nitrogens with one attached hydrogen (secondary N) is 1. The molecule has 1 N–H and O–H groups in total. The van der Waals surface area contributed by atoms with Crippen LogP contribution >= 0.6 is 0 Å². The largest absolute Gasteiger partial charge is 0.331 e. The third-order valence-electron chi connectivity index (χ3n) is 5.34. The number of hydrogen-bond donors (Lipinski definition) is 1. The van der Waals surface area contributed by atoms with Crippen LogP contribution < -0.4 is 5.32 Å². The summed E-state index contributed by atoms with van der Waals surface area (Å²) in [7, 11) is 3.49. The lowest BCUT2D eigenvalue weighted by atomic mass is 9.96. The van der Waals surface area contributed by atoms with Crippen molar-refractivity contribution in [3.05, 3.63) is 54.7 Å². The van der Waals surface area contributed by atoms with Crippen LogP contribution in [-0.2, 0) is 4.79 Å². The molecule has 150 valence electrons. The summed E-state index contributed by atoms with van der Waals surface area (Å²) in [5.41, 5.74) is 2.50. The number of urea groups is 1. The zero-order chi connectivity index (χ0) is 20.4. The van der Waals surface area contributed by atoms with E-state index in [0.29, 0.717) is 31.7 Å². The zero-order valence-electron chi connectivity index (χ0n) is 16.7. The second-order valence-electron chi connectivity index (χ2n) is 7.53. The van der Waals surface area contributed by atoms with Gasteiger partial charge in [-0.3, -0.25) is 9.20 Å². The highest BCUT2D eigenvalue weighted by atomic mass is 16.2. The van der Waals surface area contributed by atoms with Gasteiger partial charge in [0.15, 0.2) is 0 Å². The Bertz CT molecular complexity index is 1020. The maximum Gasteiger partial charge on any atom is 0.319 e. The van der Waals surface area contributed by atoms with Crippen molar-refractivity contribution < 1.29 is 9.59 Å². The molecule has 7 heteroatoms. The molecule has 0 saturated carbocycles. The average molecular weight is 391 g/mol. The number of carbonyl (C=O) groups is 2. The molecule has 4 rings (SSSR count). The SMILES string of the molecule is CN(C)C(=O)N1CCC(C(=O)Nc2c(-c3ccccc3)nc3ccccn23)CC1. The molecule has 7 nitrogen and oxygen atoms in total. The molecule has 29 heavy (non-hydrogen) atoms. The fourth-order valence-electron chi connectivity index (χ4n) is 3.75. The van der Waals surface area contributed by atoms with Crippen LogP contribution in [0.1, 0.15) is 12.8 Å². The topological polar surface area (TPSA) is 70.0 Å². The van der Waals surface area contributed by atoms with Gasteiger partial charge in [-0.2, -0.15) is 0 Å². The van der Waals surface area contributed by atoms with Crippen molar-refractivity contribution in [3.8, 4) is 11.3 Å². The van der Waals surface area contributed by atoms with Crippen LogP contribution in [0.25, 0.3) is 16.9 Å². The van der Waals surface area contributed by atoms with E-state index in [-0.39, 0.29) is 17.9 Å². The first-order chi connectivity index (χ1) is 14.0. The molecule has 1 aromatic carbocycles. The number of amides is 3. The number of imidazole rings is 1. The van der Waals surface area contributed by atoms with Gasteiger partial charge in [0.25, 0.3) is 0 Å². The van der Waals surface area contributed by atoms with Crippen molar-refractivity contribution in [3.63, 3.8) is 0 Å². The van der Waals surface area contributed by atoms with Gasteiger partial charge < -0.3 is 15.1 Å². The molecule has 0 atom stereocenters. The lowest BCUT2D eigenvalue weighted by Gasteiger charge is -2.33. The third-order valence-corrected chi connectivity index (χ3v) is 5.34. The van der Waals surface area contributed by atoms with Crippen molar-refractivity contribution >= 4 is 23.4 Å². The number of carbonyl (C=O) groups excluding carboxylic acids is 2. The number of likely N-dealkylation sites (tertiary alicyclic amines) is 1. The first-order valence-corrected chi connectivity index (χ1v) is 9.84. The Balaban J connectivity index is 1.55. The molecule has 0 bridgehead atoms. The van der Waals surface area contributed by atoms with Gasteiger partial charge >= 0.3 is 6.03 Å². The number of piperidine rings is 1. The summed E-state index contributed by atoms with van der Waals surface area (Å²) in [6, 6.07) is 15.6. The lowest BCUT2D eigenvalue weighted by Crippen LogP contribution is -2.45. The van der Waals surface area contributed by atoms with E-state index in [1.54, 1.807) is 23.9 Å². The summed E-state index contributed by atoms with van der Waals surface area (Å²) in [6.45, 7) is 1.18. The molecule has 0 radical (unpaired) electrons. The van der Waals surface area contributed by atoms with Crippen LogP contribution in [0.4, 0.5) is 10.6 Å². The van der Waals surface area contributed by atoms with E-state index < -0.39 is 0 Å². The predicted octanol–water partition coefficient (Wildman–Crippen LogP) is 3.33. The Morgan fingerprint density at radius 2 is 1.72 bits per heavy atom. The Hall–Kier alpha value is -3.35. The van der Waals surface area contributed by atoms with Crippen molar-refractivity contribution in [2.24, 2.45) is 5.92 Å². The summed E-state index contributed by atoms with van der Waals surface area (Å²) >= 11 is 0. The molecule has 3 amide bonds. The number of rotatable bonds is 3. The monoisotopic (exact) mass is 391 g/mol. The molecule has 0 spiro atoms. The van der Waals surface area contributed by atoms with Crippen LogP contribution in [0.3, 0.4) is 0 Å². The number of aromatic nitrogens is 2. The quantitative estimate of drug-likeness (QED) is 0.745. The highest BCUT2D eigenvalue weighted by Gasteiger charge is 2.29. The van der Waals surface area contributed by atoms with Crippen molar-refractivity contribution in [2.45, 2.75) is 12.8 Å². The van der Waals surface area contributed by atoms with Crippen LogP contribution in [-0.4, -0.2) is 58.3 Å². The van der Waals surface area contributed by atoms with E-state index in [0.717, 1.165) is 16.9 Å². The maximum atomic E-state index is 13.0. The van der Waals surface area contributed by atoms with E-state index in [1.807, 2.05) is 59.1 Å². The minimum absolute atomic E-state index is 0.00277. The minimum Gasteiger partial charge on any atom is -0.331 e. The van der Waals surface area contributed by atoms with E-state index >= 15 is 0 Å². The predicted molar refractivity (Wildman–Crippen MR) is 113 cm³/mol. The van der Waals surface area contributed by atoms with Crippen molar-refractivity contribution in [2.75, 3.05) is 32.5 Å². The summed E-state index contributed by atoms with van der Waals surface area (Å²) in [6.07, 6.45) is 3.22. The van der Waals surface area contributed by atoms with Crippen LogP contribution in [0, 0.1) is 5.92 Å². The average Bonchev–Trinajstić information content (AvgIpc) is 3.12. The lowest BCUT2D eigenvalue weighted by molar-refractivity contribution is -0.121. The molecule has 3 heterocycles. The van der Waals surface area contributed by atoms with Crippen LogP contribution in [0.5, 0.6) is 0 Å². The summed E-state index contributed by atoms with van der Waals surface area (Å²) in [5, 5.41) is 3.12. The van der Waals surface area contributed by atoms with Gasteiger partial charge in [0, 0.05) is 44.9 Å². The summed E-state index contributed by atoms with van der Waals surface area (Å²) in [5.74, 6) is 0.535. The van der Waals surface area contributed by atoms with E-state index in [4.69, 9.17) is 4.98 Å². The number of benzene rings is 1. The minimum atomic E-state index is -0.126. The zero-order valence-corrected chi connectivity index (χ0v) is 16.7. The number of nitrogens with zero attached hydrogens (tertiary/aromatic N) is 4. The molecule has 1 saturated heterocycles. The fraction of sp³-hybridized carbons (Fsp3) is 0.318. The summed E-state index contributed by atoms with van der Waals surface area (Å²) in [4.78, 5) is 33.3. The van der Waals surface area contributed by atoms with Crippen molar-refractivity contribution in [1.82, 2.24) is 19.2 Å². The highest BCUT2D eigenvalue weighted by molar-refractivity contribution is 5.96. The van der Waals surface area contributed by atoms with Gasteiger partial charge in [-0.05, 0) is 25.0 Å². The fourth-order valence-corrected chi connectivity index (χ4v) is 3.75. The molecular formula is C22H25N5O2. The third kappa shape index (κ3) is 3.81. The maximum absolute atomic E-state index is 13.0. The second-order valence-corrected chi connectivity index (χ2v) is 7.53. The Morgan fingerprint density at radius 1 is 1.03 bits per heavy atom. The van der Waals surface area contributed by atoms with Crippen molar-refractivity contribution in [1.29, 1.82) is 0 Å². The smallest absolute Gasteiger partial charge is 0.319 e. The highest BCUT2D eigenvalue weighted by Crippen LogP contribution is 2.30. The van der Waals surface area contributed by atoms with E-state index in [2.05, 4.69) is 5.32 Å². The van der Waals surface area contributed by atoms with E-state index in [9.17, 15) is 9.59 Å². The Morgan fingerprint density at radius 3 is 2.41 bits per heavy atom. The molecule has 3 aromatic rings. The van der Waals surface area contributed by atoms with Gasteiger partial charge in [0.2, 0.25) is 5.91 Å². The number of anilines is 1. The first-order valence-electron chi connectivity index (χ1n) is 9.84. The standard InChI is InChI=1S/C22H25N5O2/c1-25(2)22(29)26-14-11-17(12-15-26)21(28)24-20-19(16-8-4-3-5-9-16)23-18-10-6-7-13-27(18)20/h3-10,13,17H,11-12,14-15H2,1-2H3,(H,24,28). The molecule has 1 aliphatic rings. The molecular weight excluding hydrogens is 366 g/mol. The first kappa shape index (κ1) is 19.0. The number of pyridine rings is 1. The number of hydrogen-bond acceptors (Lipinski definition) is 3. The van der Waals surface area contributed by atoms with Crippen LogP contribution in [0.2, 0.25) is 0 Å².